The molecule has 1 aromatic carbocycles. The Morgan fingerprint density at radius 2 is 2.06 bits per heavy atom. The van der Waals surface area contributed by atoms with E-state index in [1.807, 2.05) is 0 Å². The van der Waals surface area contributed by atoms with E-state index in [0.29, 0.717) is 44.0 Å². The van der Waals surface area contributed by atoms with Crippen LogP contribution in [0.3, 0.4) is 0 Å². The Morgan fingerprint density at radius 1 is 1.35 bits per heavy atom. The maximum atomic E-state index is 13.1. The van der Waals surface area contributed by atoms with Crippen molar-refractivity contribution >= 4 is 11.4 Å². The zero-order valence-electron chi connectivity index (χ0n) is 9.58. The molecule has 5 heteroatoms. The monoisotopic (exact) mass is 240 g/mol. The van der Waals surface area contributed by atoms with Gasteiger partial charge in [-0.25, -0.2) is 4.39 Å². The van der Waals surface area contributed by atoms with Crippen LogP contribution in [0.1, 0.15) is 12.8 Å². The Balaban J connectivity index is 1.96. The predicted octanol–water partition coefficient (Wildman–Crippen LogP) is 1.36. The van der Waals surface area contributed by atoms with Gasteiger partial charge in [-0.2, -0.15) is 0 Å². The first-order valence-corrected chi connectivity index (χ1v) is 5.67. The fraction of sp³-hybridized carbons (Fsp3) is 0.500. The van der Waals surface area contributed by atoms with E-state index in [4.69, 9.17) is 10.5 Å². The van der Waals surface area contributed by atoms with Gasteiger partial charge >= 0.3 is 0 Å². The minimum atomic E-state index is -0.778. The average molecular weight is 240 g/mol. The summed E-state index contributed by atoms with van der Waals surface area (Å²) in [4.78, 5) is 0. The van der Waals surface area contributed by atoms with Gasteiger partial charge in [0.15, 0.2) is 0 Å². The van der Waals surface area contributed by atoms with Crippen molar-refractivity contribution in [3.8, 4) is 0 Å². The largest absolute Gasteiger partial charge is 0.399 e. The lowest BCUT2D eigenvalue weighted by Crippen LogP contribution is -2.42. The zero-order chi connectivity index (χ0) is 12.3. The maximum absolute atomic E-state index is 13.1. The summed E-state index contributed by atoms with van der Waals surface area (Å²) >= 11 is 0. The van der Waals surface area contributed by atoms with Gasteiger partial charge in [-0.15, -0.1) is 0 Å². The van der Waals surface area contributed by atoms with E-state index in [1.165, 1.54) is 12.1 Å². The molecule has 94 valence electrons. The third kappa shape index (κ3) is 3.31. The third-order valence-corrected chi connectivity index (χ3v) is 2.97. The maximum Gasteiger partial charge on any atom is 0.127 e. The molecule has 4 nitrogen and oxygen atoms in total. The highest BCUT2D eigenvalue weighted by molar-refractivity contribution is 5.54. The Bertz CT molecular complexity index is 372. The molecule has 0 bridgehead atoms. The Morgan fingerprint density at radius 3 is 2.71 bits per heavy atom. The van der Waals surface area contributed by atoms with Gasteiger partial charge in [-0.1, -0.05) is 0 Å². The smallest absolute Gasteiger partial charge is 0.127 e. The molecule has 1 aliphatic rings. The van der Waals surface area contributed by atoms with Crippen LogP contribution in [0.4, 0.5) is 15.8 Å². The van der Waals surface area contributed by atoms with Crippen molar-refractivity contribution in [2.24, 2.45) is 0 Å². The van der Waals surface area contributed by atoms with Crippen molar-refractivity contribution in [1.82, 2.24) is 0 Å². The van der Waals surface area contributed by atoms with Gasteiger partial charge < -0.3 is 20.9 Å². The summed E-state index contributed by atoms with van der Waals surface area (Å²) in [5, 5.41) is 13.2. The van der Waals surface area contributed by atoms with Crippen LogP contribution in [0.5, 0.6) is 0 Å². The fourth-order valence-electron chi connectivity index (χ4n) is 1.91. The third-order valence-electron chi connectivity index (χ3n) is 2.97. The van der Waals surface area contributed by atoms with Crippen LogP contribution in [0, 0.1) is 5.82 Å². The van der Waals surface area contributed by atoms with Gasteiger partial charge in [-0.3, -0.25) is 0 Å². The highest BCUT2D eigenvalue weighted by Crippen LogP contribution is 2.22. The van der Waals surface area contributed by atoms with Crippen LogP contribution in [0.15, 0.2) is 18.2 Å². The molecule has 1 heterocycles. The lowest BCUT2D eigenvalue weighted by atomic mass is 9.94. The molecule has 0 saturated carbocycles. The molecule has 0 aromatic heterocycles. The number of anilines is 2. The number of nitrogen functional groups attached to an aromatic ring is 1. The first kappa shape index (κ1) is 12.1. The molecule has 1 aromatic rings. The number of rotatable bonds is 3. The number of ether oxygens (including phenoxy) is 1. The van der Waals surface area contributed by atoms with E-state index in [0.717, 1.165) is 0 Å². The second-order valence-corrected chi connectivity index (χ2v) is 4.46. The van der Waals surface area contributed by atoms with E-state index >= 15 is 0 Å². The minimum absolute atomic E-state index is 0.367. The molecule has 0 aliphatic carbocycles. The molecule has 1 fully saturated rings. The van der Waals surface area contributed by atoms with Crippen molar-refractivity contribution in [3.05, 3.63) is 24.0 Å². The van der Waals surface area contributed by atoms with Crippen LogP contribution in [0.25, 0.3) is 0 Å². The van der Waals surface area contributed by atoms with Crippen LogP contribution in [0.2, 0.25) is 0 Å². The van der Waals surface area contributed by atoms with Gasteiger partial charge in [-0.05, 0) is 18.2 Å². The molecule has 0 spiro atoms. The quantitative estimate of drug-likeness (QED) is 0.698. The minimum Gasteiger partial charge on any atom is -0.399 e. The summed E-state index contributed by atoms with van der Waals surface area (Å²) in [7, 11) is 0. The Hall–Kier alpha value is -1.33. The van der Waals surface area contributed by atoms with E-state index in [1.54, 1.807) is 6.07 Å². The normalized spacial score (nSPS) is 18.9. The lowest BCUT2D eigenvalue weighted by Gasteiger charge is -2.32. The topological polar surface area (TPSA) is 67.5 Å². The highest BCUT2D eigenvalue weighted by atomic mass is 19.1. The molecule has 0 unspecified atom stereocenters. The average Bonchev–Trinajstić information content (AvgIpc) is 2.26. The molecule has 1 saturated heterocycles. The van der Waals surface area contributed by atoms with Crippen molar-refractivity contribution in [3.63, 3.8) is 0 Å². The Labute approximate surface area is 99.6 Å². The van der Waals surface area contributed by atoms with Crippen LogP contribution in [-0.2, 0) is 4.74 Å². The van der Waals surface area contributed by atoms with Crippen molar-refractivity contribution < 1.29 is 14.2 Å². The van der Waals surface area contributed by atoms with Crippen molar-refractivity contribution in [2.75, 3.05) is 30.8 Å². The highest BCUT2D eigenvalue weighted by Gasteiger charge is 2.29. The van der Waals surface area contributed by atoms with Crippen LogP contribution >= 0.6 is 0 Å². The van der Waals surface area contributed by atoms with Crippen LogP contribution in [-0.4, -0.2) is 30.5 Å². The summed E-state index contributed by atoms with van der Waals surface area (Å²) in [6, 6.07) is 4.26. The van der Waals surface area contributed by atoms with Gasteiger partial charge in [0.25, 0.3) is 0 Å². The number of halogens is 1. The van der Waals surface area contributed by atoms with E-state index in [9.17, 15) is 9.50 Å². The second-order valence-electron chi connectivity index (χ2n) is 4.46. The number of hydrogen-bond donors (Lipinski definition) is 3. The molecule has 0 atom stereocenters. The predicted molar refractivity (Wildman–Crippen MR) is 64.3 cm³/mol. The van der Waals surface area contributed by atoms with Gasteiger partial charge in [0.1, 0.15) is 5.82 Å². The molecule has 4 N–H and O–H groups in total. The number of aliphatic hydroxyl groups is 1. The summed E-state index contributed by atoms with van der Waals surface area (Å²) in [6.45, 7) is 1.49. The summed E-state index contributed by atoms with van der Waals surface area (Å²) in [5.74, 6) is -0.383. The molecule has 1 aliphatic heterocycles. The SMILES string of the molecule is Nc1cc(F)cc(NCC2(O)CCOCC2)c1. The number of hydrogen-bond acceptors (Lipinski definition) is 4. The number of nitrogens with one attached hydrogen (secondary N) is 1. The van der Waals surface area contributed by atoms with Gasteiger partial charge in [0, 0.05) is 44.0 Å². The molecule has 0 radical (unpaired) electrons. The lowest BCUT2D eigenvalue weighted by molar-refractivity contribution is -0.0543. The van der Waals surface area contributed by atoms with E-state index in [2.05, 4.69) is 5.32 Å². The van der Waals surface area contributed by atoms with Gasteiger partial charge in [0.2, 0.25) is 0 Å². The first-order valence-electron chi connectivity index (χ1n) is 5.67. The van der Waals surface area contributed by atoms with E-state index < -0.39 is 5.60 Å². The van der Waals surface area contributed by atoms with Crippen molar-refractivity contribution in [1.29, 1.82) is 0 Å². The van der Waals surface area contributed by atoms with Crippen molar-refractivity contribution in [2.45, 2.75) is 18.4 Å². The molecule has 17 heavy (non-hydrogen) atoms. The number of benzene rings is 1. The fourth-order valence-corrected chi connectivity index (χ4v) is 1.91. The number of nitrogens with two attached hydrogens (primary N) is 1. The summed E-state index contributed by atoms with van der Waals surface area (Å²) in [6.07, 6.45) is 1.18. The van der Waals surface area contributed by atoms with Gasteiger partial charge in [0.05, 0.1) is 5.60 Å². The molecule has 2 rings (SSSR count). The van der Waals surface area contributed by atoms with E-state index in [-0.39, 0.29) is 5.82 Å². The first-order chi connectivity index (χ1) is 8.07. The summed E-state index contributed by atoms with van der Waals surface area (Å²) in [5.41, 5.74) is 5.71. The molecular formula is C12H17FN2O2. The summed E-state index contributed by atoms with van der Waals surface area (Å²) < 4.78 is 18.3. The van der Waals surface area contributed by atoms with Crippen LogP contribution < -0.4 is 11.1 Å². The molecular weight excluding hydrogens is 223 g/mol. The Kier molecular flexibility index (Phi) is 3.49. The molecule has 0 amide bonds. The second kappa shape index (κ2) is 4.89. The standard InChI is InChI=1S/C12H17FN2O2/c13-9-5-10(14)7-11(6-9)15-8-12(16)1-3-17-4-2-12/h5-7,15-16H,1-4,8,14H2. The zero-order valence-corrected chi connectivity index (χ0v) is 9.58.